The fourth-order valence-electron chi connectivity index (χ4n) is 3.20. The lowest BCUT2D eigenvalue weighted by atomic mass is 10.1. The Kier molecular flexibility index (Phi) is 6.11. The molecule has 1 heterocycles. The lowest BCUT2D eigenvalue weighted by molar-refractivity contribution is -0.137. The van der Waals surface area contributed by atoms with E-state index in [2.05, 4.69) is 5.18 Å². The van der Waals surface area contributed by atoms with Crippen LogP contribution in [-0.2, 0) is 11.0 Å². The topological polar surface area (TPSA) is 55.7 Å². The van der Waals surface area contributed by atoms with Crippen molar-refractivity contribution in [3.8, 4) is 21.9 Å². The Morgan fingerprint density at radius 2 is 1.70 bits per heavy atom. The molecule has 0 atom stereocenters. The van der Waals surface area contributed by atoms with Crippen LogP contribution in [0.4, 0.5) is 18.9 Å². The fourth-order valence-corrected chi connectivity index (χ4v) is 4.37. The molecule has 0 radical (unpaired) electrons. The zero-order valence-corrected chi connectivity index (χ0v) is 18.0. The first-order chi connectivity index (χ1) is 15.7. The number of thiophene rings is 1. The van der Waals surface area contributed by atoms with Crippen molar-refractivity contribution in [2.45, 2.75) is 13.1 Å². The molecule has 0 saturated carbocycles. The highest BCUT2D eigenvalue weighted by Crippen LogP contribution is 2.47. The minimum atomic E-state index is -4.43. The fraction of sp³-hybridized carbons (Fsp3) is 0.0800. The Morgan fingerprint density at radius 3 is 2.30 bits per heavy atom. The maximum absolute atomic E-state index is 13.0. The van der Waals surface area contributed by atoms with Gasteiger partial charge in [-0.1, -0.05) is 30.3 Å². The molecule has 0 N–H and O–H groups in total. The molecule has 0 unspecified atom stereocenters. The number of benzene rings is 3. The Morgan fingerprint density at radius 1 is 1.00 bits per heavy atom. The first kappa shape index (κ1) is 22.4. The second-order valence-electron chi connectivity index (χ2n) is 7.22. The van der Waals surface area contributed by atoms with E-state index in [4.69, 9.17) is 4.74 Å². The van der Waals surface area contributed by atoms with Crippen molar-refractivity contribution in [2.24, 2.45) is 5.18 Å². The van der Waals surface area contributed by atoms with Gasteiger partial charge in [-0.05, 0) is 71.8 Å². The van der Waals surface area contributed by atoms with Gasteiger partial charge in [0.2, 0.25) is 0 Å². The van der Waals surface area contributed by atoms with Crippen LogP contribution in [0, 0.1) is 4.91 Å². The van der Waals surface area contributed by atoms with Gasteiger partial charge in [0.15, 0.2) is 11.5 Å². The monoisotopic (exact) mass is 467 g/mol. The number of allylic oxidation sites excluding steroid dienone is 1. The van der Waals surface area contributed by atoms with E-state index in [1.165, 1.54) is 36.5 Å². The van der Waals surface area contributed by atoms with Crippen molar-refractivity contribution >= 4 is 39.0 Å². The van der Waals surface area contributed by atoms with Gasteiger partial charge in [-0.15, -0.1) is 16.2 Å². The molecule has 166 valence electrons. The van der Waals surface area contributed by atoms with Crippen LogP contribution in [0.1, 0.15) is 18.1 Å². The highest BCUT2D eigenvalue weighted by molar-refractivity contribution is 7.22. The largest absolute Gasteiger partial charge is 0.455 e. The number of nitroso groups, excluding NO2 is 1. The van der Waals surface area contributed by atoms with E-state index in [1.54, 1.807) is 48.5 Å². The predicted molar refractivity (Wildman–Crippen MR) is 124 cm³/mol. The lowest BCUT2D eigenvalue weighted by Gasteiger charge is -2.10. The van der Waals surface area contributed by atoms with Crippen LogP contribution >= 0.6 is 11.3 Å². The van der Waals surface area contributed by atoms with Crippen LogP contribution in [0.5, 0.6) is 11.5 Å². The minimum absolute atomic E-state index is 0.0644. The van der Waals surface area contributed by atoms with Crippen LogP contribution in [0.3, 0.4) is 0 Å². The number of hydrogen-bond acceptors (Lipinski definition) is 5. The second-order valence-corrected chi connectivity index (χ2v) is 8.27. The Labute approximate surface area is 190 Å². The van der Waals surface area contributed by atoms with E-state index >= 15 is 0 Å². The van der Waals surface area contributed by atoms with Crippen molar-refractivity contribution in [3.63, 3.8) is 0 Å². The van der Waals surface area contributed by atoms with Crippen molar-refractivity contribution < 1.29 is 22.7 Å². The SMILES string of the molecule is CC(=O)/C=C/c1ccc(Oc2c(-c3ccc(C(F)(F)F)cc3)sc3cc(N=O)ccc23)cc1. The van der Waals surface area contributed by atoms with Gasteiger partial charge in [0, 0.05) is 10.1 Å². The number of ketones is 1. The molecule has 0 aliphatic carbocycles. The van der Waals surface area contributed by atoms with Gasteiger partial charge < -0.3 is 4.74 Å². The molecule has 0 bridgehead atoms. The van der Waals surface area contributed by atoms with E-state index < -0.39 is 11.7 Å². The van der Waals surface area contributed by atoms with Crippen LogP contribution in [0.2, 0.25) is 0 Å². The van der Waals surface area contributed by atoms with E-state index in [1.807, 2.05) is 0 Å². The molecule has 0 aliphatic rings. The number of fused-ring (bicyclic) bond motifs is 1. The number of alkyl halides is 3. The Hall–Kier alpha value is -3.78. The summed E-state index contributed by atoms with van der Waals surface area (Å²) in [6, 6.07) is 16.8. The van der Waals surface area contributed by atoms with Crippen LogP contribution in [0.15, 0.2) is 78.0 Å². The number of carbonyl (C=O) groups excluding carboxylic acids is 1. The van der Waals surface area contributed by atoms with Gasteiger partial charge in [0.1, 0.15) is 11.4 Å². The van der Waals surface area contributed by atoms with Gasteiger partial charge in [0.25, 0.3) is 0 Å². The highest BCUT2D eigenvalue weighted by Gasteiger charge is 2.30. The molecule has 33 heavy (non-hydrogen) atoms. The number of rotatable bonds is 6. The van der Waals surface area contributed by atoms with Crippen molar-refractivity contribution in [2.75, 3.05) is 0 Å². The normalized spacial score (nSPS) is 11.8. The van der Waals surface area contributed by atoms with E-state index in [0.29, 0.717) is 27.3 Å². The molecular weight excluding hydrogens is 451 g/mol. The zero-order valence-electron chi connectivity index (χ0n) is 17.2. The standard InChI is InChI=1S/C25H16F3NO3S/c1-15(30)2-3-16-4-11-20(12-5-16)32-23-21-13-10-19(29-31)14-22(21)33-24(23)17-6-8-18(9-7-17)25(26,27)28/h2-14H,1H3/b3-2+. The molecule has 4 aromatic rings. The third-order valence-corrected chi connectivity index (χ3v) is 6.00. The molecule has 0 aliphatic heterocycles. The van der Waals surface area contributed by atoms with Crippen LogP contribution in [0.25, 0.3) is 26.6 Å². The van der Waals surface area contributed by atoms with Gasteiger partial charge in [0.05, 0.1) is 10.4 Å². The van der Waals surface area contributed by atoms with Gasteiger partial charge in [-0.25, -0.2) is 0 Å². The Bertz CT molecular complexity index is 1350. The summed E-state index contributed by atoms with van der Waals surface area (Å²) in [6.45, 7) is 1.46. The number of ether oxygens (including phenoxy) is 1. The van der Waals surface area contributed by atoms with E-state index in [-0.39, 0.29) is 11.5 Å². The van der Waals surface area contributed by atoms with Gasteiger partial charge in [-0.3, -0.25) is 4.79 Å². The third kappa shape index (κ3) is 5.01. The second kappa shape index (κ2) is 8.99. The maximum Gasteiger partial charge on any atom is 0.416 e. The molecule has 0 fully saturated rings. The smallest absolute Gasteiger partial charge is 0.416 e. The van der Waals surface area contributed by atoms with E-state index in [0.717, 1.165) is 22.4 Å². The molecule has 0 saturated heterocycles. The molecule has 3 aromatic carbocycles. The van der Waals surface area contributed by atoms with Crippen molar-refractivity contribution in [1.82, 2.24) is 0 Å². The summed E-state index contributed by atoms with van der Waals surface area (Å²) in [4.78, 5) is 22.7. The number of halogens is 3. The van der Waals surface area contributed by atoms with Crippen LogP contribution < -0.4 is 4.74 Å². The summed E-state index contributed by atoms with van der Waals surface area (Å²) in [5.74, 6) is 0.921. The number of hydrogen-bond donors (Lipinski definition) is 0. The zero-order chi connectivity index (χ0) is 23.6. The first-order valence-electron chi connectivity index (χ1n) is 9.79. The lowest BCUT2D eigenvalue weighted by Crippen LogP contribution is -2.03. The van der Waals surface area contributed by atoms with Crippen LogP contribution in [-0.4, -0.2) is 5.78 Å². The molecule has 0 amide bonds. The summed E-state index contributed by atoms with van der Waals surface area (Å²) in [7, 11) is 0. The quantitative estimate of drug-likeness (QED) is 0.211. The highest BCUT2D eigenvalue weighted by atomic mass is 32.1. The number of carbonyl (C=O) groups is 1. The Balaban J connectivity index is 1.76. The summed E-state index contributed by atoms with van der Waals surface area (Å²) < 4.78 is 45.8. The molecule has 8 heteroatoms. The van der Waals surface area contributed by atoms with E-state index in [9.17, 15) is 22.9 Å². The van der Waals surface area contributed by atoms with Gasteiger partial charge in [-0.2, -0.15) is 13.2 Å². The van der Waals surface area contributed by atoms with Gasteiger partial charge >= 0.3 is 6.18 Å². The van der Waals surface area contributed by atoms with Crippen molar-refractivity contribution in [3.05, 3.63) is 88.8 Å². The molecule has 0 spiro atoms. The average molecular weight is 467 g/mol. The molecule has 4 rings (SSSR count). The first-order valence-corrected chi connectivity index (χ1v) is 10.6. The summed E-state index contributed by atoms with van der Waals surface area (Å²) >= 11 is 1.30. The van der Waals surface area contributed by atoms with Crippen molar-refractivity contribution in [1.29, 1.82) is 0 Å². The predicted octanol–water partition coefficient (Wildman–Crippen LogP) is 8.38. The average Bonchev–Trinajstić information content (AvgIpc) is 3.15. The number of nitrogens with zero attached hydrogens (tertiary/aromatic N) is 1. The molecule has 4 nitrogen and oxygen atoms in total. The molecular formula is C25H16F3NO3S. The molecule has 1 aromatic heterocycles. The summed E-state index contributed by atoms with van der Waals surface area (Å²) in [6.07, 6.45) is -1.28. The summed E-state index contributed by atoms with van der Waals surface area (Å²) in [5, 5.41) is 3.67. The maximum atomic E-state index is 13.0. The summed E-state index contributed by atoms with van der Waals surface area (Å²) in [5.41, 5.74) is 0.880. The third-order valence-electron chi connectivity index (χ3n) is 4.82. The minimum Gasteiger partial charge on any atom is -0.455 e.